The molecular formula is C13H25N5. The summed E-state index contributed by atoms with van der Waals surface area (Å²) >= 11 is 0. The molecule has 0 fully saturated rings. The number of hydrogen-bond donors (Lipinski definition) is 2. The first-order valence-corrected chi connectivity index (χ1v) is 6.60. The molecule has 0 unspecified atom stereocenters. The van der Waals surface area contributed by atoms with E-state index < -0.39 is 0 Å². The van der Waals surface area contributed by atoms with Crippen LogP contribution in [0.3, 0.4) is 0 Å². The molecule has 0 aromatic carbocycles. The second-order valence-corrected chi connectivity index (χ2v) is 4.85. The number of nitrogens with zero attached hydrogens (tertiary/aromatic N) is 3. The van der Waals surface area contributed by atoms with Gasteiger partial charge in [-0.1, -0.05) is 6.92 Å². The van der Waals surface area contributed by atoms with Crippen LogP contribution in [0.2, 0.25) is 0 Å². The second kappa shape index (κ2) is 7.16. The number of aryl methyl sites for hydroxylation is 1. The van der Waals surface area contributed by atoms with E-state index in [0.29, 0.717) is 11.9 Å². The Morgan fingerprint density at radius 1 is 1.39 bits per heavy atom. The van der Waals surface area contributed by atoms with Crippen molar-refractivity contribution in [2.45, 2.75) is 39.7 Å². The van der Waals surface area contributed by atoms with Crippen LogP contribution in [0.1, 0.15) is 33.0 Å². The van der Waals surface area contributed by atoms with E-state index >= 15 is 0 Å². The Balaban J connectivity index is 2.51. The van der Waals surface area contributed by atoms with Crippen molar-refractivity contribution in [2.75, 3.05) is 31.2 Å². The van der Waals surface area contributed by atoms with Gasteiger partial charge in [0.1, 0.15) is 17.5 Å². The van der Waals surface area contributed by atoms with Crippen LogP contribution in [0.25, 0.3) is 0 Å². The van der Waals surface area contributed by atoms with Crippen LogP contribution in [-0.2, 0) is 6.42 Å². The van der Waals surface area contributed by atoms with E-state index in [4.69, 9.17) is 5.73 Å². The lowest BCUT2D eigenvalue weighted by atomic mass is 10.3. The van der Waals surface area contributed by atoms with Gasteiger partial charge < -0.3 is 16.0 Å². The third kappa shape index (κ3) is 4.87. The minimum atomic E-state index is 0.535. The highest BCUT2D eigenvalue weighted by Gasteiger charge is 2.04. The Labute approximate surface area is 110 Å². The quantitative estimate of drug-likeness (QED) is 0.773. The number of nitrogen functional groups attached to an aromatic ring is 1. The summed E-state index contributed by atoms with van der Waals surface area (Å²) in [6.07, 6.45) is 1.89. The summed E-state index contributed by atoms with van der Waals surface area (Å²) in [7, 11) is 2.11. The molecule has 0 spiro atoms. The van der Waals surface area contributed by atoms with Gasteiger partial charge in [0, 0.05) is 31.6 Å². The largest absolute Gasteiger partial charge is 0.384 e. The van der Waals surface area contributed by atoms with E-state index in [1.807, 2.05) is 0 Å². The van der Waals surface area contributed by atoms with Crippen LogP contribution in [0, 0.1) is 0 Å². The van der Waals surface area contributed by atoms with Gasteiger partial charge in [-0.3, -0.25) is 0 Å². The van der Waals surface area contributed by atoms with Gasteiger partial charge in [0.25, 0.3) is 0 Å². The van der Waals surface area contributed by atoms with Gasteiger partial charge in [0.15, 0.2) is 0 Å². The monoisotopic (exact) mass is 251 g/mol. The third-order valence-corrected chi connectivity index (χ3v) is 2.92. The van der Waals surface area contributed by atoms with Gasteiger partial charge >= 0.3 is 0 Å². The Kier molecular flexibility index (Phi) is 5.85. The molecule has 0 saturated carbocycles. The number of nitrogens with two attached hydrogens (primary N) is 1. The van der Waals surface area contributed by atoms with Gasteiger partial charge in [-0.2, -0.15) is 0 Å². The number of rotatable bonds is 7. The van der Waals surface area contributed by atoms with Gasteiger partial charge in [0.2, 0.25) is 0 Å². The van der Waals surface area contributed by atoms with Crippen LogP contribution in [-0.4, -0.2) is 41.0 Å². The molecule has 0 radical (unpaired) electrons. The van der Waals surface area contributed by atoms with E-state index in [1.165, 1.54) is 0 Å². The summed E-state index contributed by atoms with van der Waals surface area (Å²) in [5.41, 5.74) is 5.77. The van der Waals surface area contributed by atoms with E-state index in [-0.39, 0.29) is 0 Å². The lowest BCUT2D eigenvalue weighted by molar-refractivity contribution is 0.284. The van der Waals surface area contributed by atoms with E-state index in [1.54, 1.807) is 6.07 Å². The zero-order chi connectivity index (χ0) is 13.5. The molecule has 1 heterocycles. The van der Waals surface area contributed by atoms with E-state index in [9.17, 15) is 0 Å². The molecule has 3 N–H and O–H groups in total. The topological polar surface area (TPSA) is 67.1 Å². The fraction of sp³-hybridized carbons (Fsp3) is 0.692. The fourth-order valence-electron chi connectivity index (χ4n) is 1.56. The van der Waals surface area contributed by atoms with Gasteiger partial charge in [0.05, 0.1) is 0 Å². The molecule has 5 nitrogen and oxygen atoms in total. The molecule has 1 rings (SSSR count). The number of likely N-dealkylation sites (N-methyl/N-ethyl adjacent to an activating group) is 1. The predicted octanol–water partition coefficient (Wildman–Crippen LogP) is 1.76. The predicted molar refractivity (Wildman–Crippen MR) is 76.7 cm³/mol. The van der Waals surface area contributed by atoms with Gasteiger partial charge in [-0.25, -0.2) is 9.97 Å². The maximum absolute atomic E-state index is 5.77. The third-order valence-electron chi connectivity index (χ3n) is 2.92. The highest BCUT2D eigenvalue weighted by atomic mass is 15.1. The number of aromatic nitrogens is 2. The Morgan fingerprint density at radius 3 is 2.72 bits per heavy atom. The van der Waals surface area contributed by atoms with Crippen LogP contribution in [0.4, 0.5) is 11.6 Å². The molecular weight excluding hydrogens is 226 g/mol. The summed E-state index contributed by atoms with van der Waals surface area (Å²) in [4.78, 5) is 10.9. The molecule has 1 aromatic rings. The molecule has 18 heavy (non-hydrogen) atoms. The fourth-order valence-corrected chi connectivity index (χ4v) is 1.56. The Bertz CT molecular complexity index is 364. The minimum absolute atomic E-state index is 0.535. The van der Waals surface area contributed by atoms with Crippen molar-refractivity contribution in [3.8, 4) is 0 Å². The Morgan fingerprint density at radius 2 is 2.11 bits per heavy atom. The van der Waals surface area contributed by atoms with Crippen molar-refractivity contribution in [1.82, 2.24) is 14.9 Å². The lowest BCUT2D eigenvalue weighted by Crippen LogP contribution is -2.31. The van der Waals surface area contributed by atoms with Gasteiger partial charge in [-0.05, 0) is 27.3 Å². The molecule has 0 atom stereocenters. The smallest absolute Gasteiger partial charge is 0.133 e. The van der Waals surface area contributed by atoms with Crippen molar-refractivity contribution in [3.05, 3.63) is 11.9 Å². The van der Waals surface area contributed by atoms with Crippen LogP contribution >= 0.6 is 0 Å². The van der Waals surface area contributed by atoms with Crippen molar-refractivity contribution in [3.63, 3.8) is 0 Å². The zero-order valence-corrected chi connectivity index (χ0v) is 11.9. The molecule has 0 bridgehead atoms. The molecule has 0 aliphatic rings. The average Bonchev–Trinajstić information content (AvgIpc) is 2.28. The van der Waals surface area contributed by atoms with Crippen molar-refractivity contribution >= 4 is 11.6 Å². The highest BCUT2D eigenvalue weighted by molar-refractivity contribution is 5.44. The first kappa shape index (κ1) is 14.7. The molecule has 0 saturated heterocycles. The van der Waals surface area contributed by atoms with Crippen molar-refractivity contribution in [1.29, 1.82) is 0 Å². The molecule has 5 heteroatoms. The minimum Gasteiger partial charge on any atom is -0.384 e. The summed E-state index contributed by atoms with van der Waals surface area (Å²) in [6, 6.07) is 2.34. The first-order chi connectivity index (χ1) is 8.52. The summed E-state index contributed by atoms with van der Waals surface area (Å²) in [6.45, 7) is 8.31. The molecule has 0 aliphatic heterocycles. The van der Waals surface area contributed by atoms with Gasteiger partial charge in [-0.15, -0.1) is 0 Å². The van der Waals surface area contributed by atoms with E-state index in [0.717, 1.165) is 37.6 Å². The molecule has 0 amide bonds. The number of anilines is 2. The van der Waals surface area contributed by atoms with Crippen LogP contribution < -0.4 is 11.1 Å². The number of nitrogens with one attached hydrogen (secondary N) is 1. The summed E-state index contributed by atoms with van der Waals surface area (Å²) in [5, 5.41) is 3.30. The van der Waals surface area contributed by atoms with Crippen molar-refractivity contribution in [2.24, 2.45) is 0 Å². The maximum atomic E-state index is 5.77. The second-order valence-electron chi connectivity index (χ2n) is 4.85. The number of hydrogen-bond acceptors (Lipinski definition) is 5. The molecule has 102 valence electrons. The standard InChI is InChI=1S/C13H25N5/c1-5-6-12-16-11(14)9-13(17-12)15-7-8-18(4)10(2)3/h9-10H,5-8H2,1-4H3,(H3,14,15,16,17). The van der Waals surface area contributed by atoms with E-state index in [2.05, 4.69) is 48.0 Å². The maximum Gasteiger partial charge on any atom is 0.133 e. The SMILES string of the molecule is CCCc1nc(N)cc(NCCN(C)C(C)C)n1. The van der Waals surface area contributed by atoms with Crippen molar-refractivity contribution < 1.29 is 0 Å². The molecule has 1 aromatic heterocycles. The zero-order valence-electron chi connectivity index (χ0n) is 11.9. The lowest BCUT2D eigenvalue weighted by Gasteiger charge is -2.21. The van der Waals surface area contributed by atoms with Crippen LogP contribution in [0.5, 0.6) is 0 Å². The summed E-state index contributed by atoms with van der Waals surface area (Å²) < 4.78 is 0. The first-order valence-electron chi connectivity index (χ1n) is 6.60. The average molecular weight is 251 g/mol. The highest BCUT2D eigenvalue weighted by Crippen LogP contribution is 2.09. The Hall–Kier alpha value is -1.36. The normalized spacial score (nSPS) is 11.2. The summed E-state index contributed by atoms with van der Waals surface area (Å²) in [5.74, 6) is 2.17. The van der Waals surface area contributed by atoms with Crippen LogP contribution in [0.15, 0.2) is 6.07 Å². The molecule has 0 aliphatic carbocycles.